The first-order valence-corrected chi connectivity index (χ1v) is 7.13. The first kappa shape index (κ1) is 14.1. The lowest BCUT2D eigenvalue weighted by atomic mass is 10.0. The van der Waals surface area contributed by atoms with E-state index in [9.17, 15) is 5.11 Å². The molecule has 0 spiro atoms. The Kier molecular flexibility index (Phi) is 3.94. The Balaban J connectivity index is 1.81. The molecule has 5 heteroatoms. The molecule has 0 aliphatic carbocycles. The summed E-state index contributed by atoms with van der Waals surface area (Å²) in [5.41, 5.74) is 1.15. The molecule has 1 fully saturated rings. The van der Waals surface area contributed by atoms with Crippen molar-refractivity contribution >= 4 is 0 Å². The third-order valence-corrected chi connectivity index (χ3v) is 3.87. The Morgan fingerprint density at radius 1 is 1.48 bits per heavy atom. The maximum absolute atomic E-state index is 10.0. The molecule has 1 aliphatic rings. The second-order valence-corrected chi connectivity index (χ2v) is 5.48. The fourth-order valence-electron chi connectivity index (χ4n) is 2.90. The molecule has 112 valence electrons. The van der Waals surface area contributed by atoms with Crippen molar-refractivity contribution in [2.45, 2.75) is 32.0 Å². The van der Waals surface area contributed by atoms with Crippen LogP contribution in [-0.2, 0) is 6.54 Å². The van der Waals surface area contributed by atoms with Crippen molar-refractivity contribution in [3.05, 3.63) is 47.7 Å². The van der Waals surface area contributed by atoms with Gasteiger partial charge in [-0.15, -0.1) is 0 Å². The number of methoxy groups -OCH3 is 1. The van der Waals surface area contributed by atoms with Crippen LogP contribution in [0.15, 0.2) is 34.9 Å². The number of ether oxygens (including phenoxy) is 1. The van der Waals surface area contributed by atoms with Gasteiger partial charge >= 0.3 is 0 Å². The number of aliphatic hydroxyl groups excluding tert-OH is 1. The van der Waals surface area contributed by atoms with Crippen LogP contribution in [0.25, 0.3) is 0 Å². The van der Waals surface area contributed by atoms with Crippen LogP contribution >= 0.6 is 0 Å². The molecular formula is C16H20N2O3. The number of likely N-dealkylation sites (tertiary alicyclic amines) is 1. The van der Waals surface area contributed by atoms with E-state index in [1.165, 1.54) is 0 Å². The zero-order valence-electron chi connectivity index (χ0n) is 12.3. The Labute approximate surface area is 124 Å². The number of nitrogens with zero attached hydrogens (tertiary/aromatic N) is 2. The summed E-state index contributed by atoms with van der Waals surface area (Å²) in [5.74, 6) is 2.33. The second-order valence-electron chi connectivity index (χ2n) is 5.48. The largest absolute Gasteiger partial charge is 0.497 e. The van der Waals surface area contributed by atoms with E-state index in [2.05, 4.69) is 16.0 Å². The number of benzene rings is 1. The van der Waals surface area contributed by atoms with Gasteiger partial charge in [0.15, 0.2) is 0 Å². The zero-order valence-corrected chi connectivity index (χ0v) is 12.3. The molecule has 1 saturated heterocycles. The normalized spacial score (nSPS) is 22.6. The van der Waals surface area contributed by atoms with Gasteiger partial charge in [-0.2, -0.15) is 0 Å². The van der Waals surface area contributed by atoms with Gasteiger partial charge in [-0.1, -0.05) is 12.1 Å². The van der Waals surface area contributed by atoms with E-state index in [4.69, 9.17) is 9.15 Å². The van der Waals surface area contributed by atoms with Crippen molar-refractivity contribution in [3.63, 3.8) is 0 Å². The Morgan fingerprint density at radius 3 is 3.05 bits per heavy atom. The van der Waals surface area contributed by atoms with Gasteiger partial charge in [0, 0.05) is 12.6 Å². The SMILES string of the molecule is COc1cccc([C@H]2C[C@H](O)CN2Cc2ncc(C)o2)c1. The van der Waals surface area contributed by atoms with Crippen molar-refractivity contribution in [2.24, 2.45) is 0 Å². The standard InChI is InChI=1S/C16H20N2O3/c1-11-8-17-16(21-11)10-18-9-13(19)7-15(18)12-4-3-5-14(6-12)20-2/h3-6,8,13,15,19H,7,9-10H2,1-2H3/t13-,15+/m0/s1. The smallest absolute Gasteiger partial charge is 0.208 e. The van der Waals surface area contributed by atoms with Gasteiger partial charge in [0.25, 0.3) is 0 Å². The van der Waals surface area contributed by atoms with Crippen molar-refractivity contribution in [1.29, 1.82) is 0 Å². The molecule has 21 heavy (non-hydrogen) atoms. The highest BCUT2D eigenvalue weighted by Gasteiger charge is 2.33. The van der Waals surface area contributed by atoms with Crippen LogP contribution in [0, 0.1) is 6.92 Å². The van der Waals surface area contributed by atoms with Gasteiger partial charge in [0.2, 0.25) is 5.89 Å². The van der Waals surface area contributed by atoms with Crippen LogP contribution in [0.3, 0.4) is 0 Å². The van der Waals surface area contributed by atoms with Gasteiger partial charge in [-0.25, -0.2) is 4.98 Å². The van der Waals surface area contributed by atoms with E-state index in [1.807, 2.05) is 25.1 Å². The highest BCUT2D eigenvalue weighted by atomic mass is 16.5. The fourth-order valence-corrected chi connectivity index (χ4v) is 2.90. The summed E-state index contributed by atoms with van der Waals surface area (Å²) in [6, 6.07) is 8.15. The molecule has 2 atom stereocenters. The second kappa shape index (κ2) is 5.87. The highest BCUT2D eigenvalue weighted by molar-refractivity contribution is 5.31. The molecule has 2 heterocycles. The molecule has 1 aliphatic heterocycles. The lowest BCUT2D eigenvalue weighted by molar-refractivity contribution is 0.167. The number of hydrogen-bond acceptors (Lipinski definition) is 5. The summed E-state index contributed by atoms with van der Waals surface area (Å²) >= 11 is 0. The quantitative estimate of drug-likeness (QED) is 0.935. The van der Waals surface area contributed by atoms with Crippen molar-refractivity contribution < 1.29 is 14.3 Å². The Morgan fingerprint density at radius 2 is 2.33 bits per heavy atom. The Bertz CT molecular complexity index is 611. The topological polar surface area (TPSA) is 58.7 Å². The lowest BCUT2D eigenvalue weighted by Crippen LogP contribution is -2.24. The van der Waals surface area contributed by atoms with Gasteiger partial charge in [0.05, 0.1) is 26.0 Å². The number of hydrogen-bond donors (Lipinski definition) is 1. The van der Waals surface area contributed by atoms with Gasteiger partial charge in [-0.3, -0.25) is 4.90 Å². The van der Waals surface area contributed by atoms with Crippen LogP contribution in [0.4, 0.5) is 0 Å². The number of β-amino-alcohol motifs (C(OH)–C–C–N with tert-alkyl or cyclic N) is 1. The van der Waals surface area contributed by atoms with E-state index >= 15 is 0 Å². The van der Waals surface area contributed by atoms with E-state index in [0.717, 1.165) is 17.1 Å². The first-order chi connectivity index (χ1) is 10.2. The predicted octanol–water partition coefficient (Wildman–Crippen LogP) is 2.30. The molecule has 3 rings (SSSR count). The average Bonchev–Trinajstić information content (AvgIpc) is 3.05. The summed E-state index contributed by atoms with van der Waals surface area (Å²) < 4.78 is 10.8. The number of oxazole rings is 1. The molecule has 1 aromatic carbocycles. The van der Waals surface area contributed by atoms with Gasteiger partial charge in [0.1, 0.15) is 11.5 Å². The van der Waals surface area contributed by atoms with E-state index < -0.39 is 0 Å². The van der Waals surface area contributed by atoms with Crippen LogP contribution < -0.4 is 4.74 Å². The maximum atomic E-state index is 10.0. The summed E-state index contributed by atoms with van der Waals surface area (Å²) in [6.45, 7) is 3.12. The molecule has 5 nitrogen and oxygen atoms in total. The van der Waals surface area contributed by atoms with Gasteiger partial charge in [-0.05, 0) is 31.0 Å². The fraction of sp³-hybridized carbons (Fsp3) is 0.438. The van der Waals surface area contributed by atoms with Crippen LogP contribution in [0.5, 0.6) is 5.75 Å². The monoisotopic (exact) mass is 288 g/mol. The third kappa shape index (κ3) is 3.09. The lowest BCUT2D eigenvalue weighted by Gasteiger charge is -2.23. The number of aryl methyl sites for hydroxylation is 1. The molecule has 0 radical (unpaired) electrons. The first-order valence-electron chi connectivity index (χ1n) is 7.13. The van der Waals surface area contributed by atoms with Gasteiger partial charge < -0.3 is 14.3 Å². The minimum atomic E-state index is -0.322. The summed E-state index contributed by atoms with van der Waals surface area (Å²) in [7, 11) is 1.66. The molecule has 1 N–H and O–H groups in total. The minimum absolute atomic E-state index is 0.155. The summed E-state index contributed by atoms with van der Waals surface area (Å²) in [5, 5.41) is 10.0. The molecular weight excluding hydrogens is 268 g/mol. The molecule has 0 amide bonds. The van der Waals surface area contributed by atoms with Crippen molar-refractivity contribution in [3.8, 4) is 5.75 Å². The van der Waals surface area contributed by atoms with Crippen molar-refractivity contribution in [1.82, 2.24) is 9.88 Å². The number of rotatable bonds is 4. The average molecular weight is 288 g/mol. The van der Waals surface area contributed by atoms with Crippen molar-refractivity contribution in [2.75, 3.05) is 13.7 Å². The molecule has 0 unspecified atom stereocenters. The number of aliphatic hydroxyl groups is 1. The van der Waals surface area contributed by atoms with Crippen LogP contribution in [-0.4, -0.2) is 34.7 Å². The maximum Gasteiger partial charge on any atom is 0.208 e. The predicted molar refractivity (Wildman–Crippen MR) is 78.0 cm³/mol. The number of aromatic nitrogens is 1. The zero-order chi connectivity index (χ0) is 14.8. The van der Waals surface area contributed by atoms with E-state index in [0.29, 0.717) is 25.4 Å². The molecule has 0 saturated carbocycles. The Hall–Kier alpha value is -1.85. The molecule has 1 aromatic heterocycles. The molecule has 2 aromatic rings. The molecule has 0 bridgehead atoms. The van der Waals surface area contributed by atoms with Crippen LogP contribution in [0.1, 0.15) is 29.7 Å². The van der Waals surface area contributed by atoms with E-state index in [1.54, 1.807) is 13.3 Å². The summed E-state index contributed by atoms with van der Waals surface area (Å²) in [6.07, 6.45) is 2.12. The highest BCUT2D eigenvalue weighted by Crippen LogP contribution is 2.34. The van der Waals surface area contributed by atoms with E-state index in [-0.39, 0.29) is 12.1 Å². The third-order valence-electron chi connectivity index (χ3n) is 3.87. The summed E-state index contributed by atoms with van der Waals surface area (Å²) in [4.78, 5) is 6.45. The van der Waals surface area contributed by atoms with Crippen LogP contribution in [0.2, 0.25) is 0 Å². The minimum Gasteiger partial charge on any atom is -0.497 e.